The highest BCUT2D eigenvalue weighted by Gasteiger charge is 2.15. The first-order valence-corrected chi connectivity index (χ1v) is 9.86. The van der Waals surface area contributed by atoms with Crippen LogP contribution in [0.25, 0.3) is 0 Å². The largest absolute Gasteiger partial charge is 0.366 e. The second kappa shape index (κ2) is 7.75. The van der Waals surface area contributed by atoms with Gasteiger partial charge in [0.1, 0.15) is 11.6 Å². The summed E-state index contributed by atoms with van der Waals surface area (Å²) in [5.41, 5.74) is 2.92. The van der Waals surface area contributed by atoms with Crippen LogP contribution in [0.2, 0.25) is 0 Å². The number of nitrogens with one attached hydrogen (secondary N) is 2. The van der Waals surface area contributed by atoms with Gasteiger partial charge in [-0.25, -0.2) is 17.8 Å². The molecule has 0 spiro atoms. The maximum atomic E-state index is 13.3. The zero-order valence-corrected chi connectivity index (χ0v) is 15.8. The van der Waals surface area contributed by atoms with Crippen molar-refractivity contribution in [2.75, 3.05) is 10.0 Å². The number of hydrogen-bond donors (Lipinski definition) is 2. The molecule has 0 aliphatic carbocycles. The van der Waals surface area contributed by atoms with Crippen LogP contribution in [-0.4, -0.2) is 13.4 Å². The number of rotatable bonds is 6. The molecular formula is C20H20FN3O2S. The smallest absolute Gasteiger partial charge is 0.261 e. The molecule has 0 bridgehead atoms. The Balaban J connectivity index is 1.67. The summed E-state index contributed by atoms with van der Waals surface area (Å²) in [4.78, 5) is 4.23. The summed E-state index contributed by atoms with van der Waals surface area (Å²) in [5, 5.41) is 3.19. The topological polar surface area (TPSA) is 71.1 Å². The second-order valence-electron chi connectivity index (χ2n) is 6.29. The Labute approximate surface area is 158 Å². The van der Waals surface area contributed by atoms with Gasteiger partial charge in [0.05, 0.1) is 16.8 Å². The minimum absolute atomic E-state index is 0.00282. The van der Waals surface area contributed by atoms with Crippen LogP contribution in [0.4, 0.5) is 15.9 Å². The maximum Gasteiger partial charge on any atom is 0.261 e. The Kier molecular flexibility index (Phi) is 5.41. The van der Waals surface area contributed by atoms with Gasteiger partial charge in [-0.3, -0.25) is 4.72 Å². The fraction of sp³-hybridized carbons (Fsp3) is 0.150. The number of aromatic nitrogens is 1. The van der Waals surface area contributed by atoms with Crippen LogP contribution in [0.3, 0.4) is 0 Å². The first-order valence-electron chi connectivity index (χ1n) is 8.38. The van der Waals surface area contributed by atoms with Crippen LogP contribution in [0.15, 0.2) is 65.7 Å². The van der Waals surface area contributed by atoms with Crippen molar-refractivity contribution in [3.63, 3.8) is 0 Å². The normalized spacial score (nSPS) is 11.2. The first-order chi connectivity index (χ1) is 12.8. The van der Waals surface area contributed by atoms with E-state index in [-0.39, 0.29) is 10.5 Å². The van der Waals surface area contributed by atoms with Crippen molar-refractivity contribution in [2.24, 2.45) is 0 Å². The Morgan fingerprint density at radius 1 is 1.04 bits per heavy atom. The van der Waals surface area contributed by atoms with Gasteiger partial charge in [0.15, 0.2) is 0 Å². The summed E-state index contributed by atoms with van der Waals surface area (Å²) in [5.74, 6) is 0.191. The number of nitrogens with zero attached hydrogens (tertiary/aromatic N) is 1. The van der Waals surface area contributed by atoms with Gasteiger partial charge in [0, 0.05) is 6.54 Å². The number of sulfonamides is 1. The van der Waals surface area contributed by atoms with E-state index in [0.29, 0.717) is 18.1 Å². The highest BCUT2D eigenvalue weighted by molar-refractivity contribution is 7.92. The quantitative estimate of drug-likeness (QED) is 0.665. The SMILES string of the molecule is Cc1cccc(CNc2ccc(NS(=O)(=O)c3ccc(F)c(C)c3)cn2)c1. The third-order valence-corrected chi connectivity index (χ3v) is 5.39. The molecule has 7 heteroatoms. The van der Waals surface area contributed by atoms with Crippen molar-refractivity contribution in [3.8, 4) is 0 Å². The minimum Gasteiger partial charge on any atom is -0.366 e. The standard InChI is InChI=1S/C20H20FN3O2S/c1-14-4-3-5-16(10-14)12-22-20-9-6-17(13-23-20)24-27(25,26)18-7-8-19(21)15(2)11-18/h3-11,13,24H,12H2,1-2H3,(H,22,23). The first kappa shape index (κ1) is 18.8. The van der Waals surface area contributed by atoms with Crippen molar-refractivity contribution in [1.82, 2.24) is 4.98 Å². The van der Waals surface area contributed by atoms with Crippen molar-refractivity contribution < 1.29 is 12.8 Å². The third-order valence-electron chi connectivity index (χ3n) is 4.01. The van der Waals surface area contributed by atoms with Crippen LogP contribution < -0.4 is 10.0 Å². The minimum atomic E-state index is -3.80. The molecule has 0 fully saturated rings. The second-order valence-corrected chi connectivity index (χ2v) is 7.97. The van der Waals surface area contributed by atoms with Crippen LogP contribution in [-0.2, 0) is 16.6 Å². The van der Waals surface area contributed by atoms with Gasteiger partial charge >= 0.3 is 0 Å². The highest BCUT2D eigenvalue weighted by atomic mass is 32.2. The van der Waals surface area contributed by atoms with Crippen LogP contribution in [0, 0.1) is 19.7 Å². The molecule has 2 aromatic carbocycles. The average Bonchev–Trinajstić information content (AvgIpc) is 2.63. The zero-order valence-electron chi connectivity index (χ0n) is 15.0. The molecule has 5 nitrogen and oxygen atoms in total. The van der Waals surface area contributed by atoms with Gasteiger partial charge in [0.25, 0.3) is 10.0 Å². The maximum absolute atomic E-state index is 13.3. The number of halogens is 1. The Hall–Kier alpha value is -2.93. The third kappa shape index (κ3) is 4.83. The Morgan fingerprint density at radius 2 is 1.85 bits per heavy atom. The number of pyridine rings is 1. The Morgan fingerprint density at radius 3 is 2.52 bits per heavy atom. The van der Waals surface area contributed by atoms with Crippen molar-refractivity contribution in [1.29, 1.82) is 0 Å². The van der Waals surface area contributed by atoms with E-state index in [9.17, 15) is 12.8 Å². The lowest BCUT2D eigenvalue weighted by atomic mass is 10.1. The van der Waals surface area contributed by atoms with Gasteiger partial charge in [-0.15, -0.1) is 0 Å². The Bertz CT molecular complexity index is 1050. The van der Waals surface area contributed by atoms with Gasteiger partial charge < -0.3 is 5.32 Å². The lowest BCUT2D eigenvalue weighted by Crippen LogP contribution is -2.13. The predicted octanol–water partition coefficient (Wildman–Crippen LogP) is 4.25. The van der Waals surface area contributed by atoms with Crippen molar-refractivity contribution >= 4 is 21.5 Å². The number of aryl methyl sites for hydroxylation is 2. The van der Waals surface area contributed by atoms with Crippen LogP contribution in [0.1, 0.15) is 16.7 Å². The summed E-state index contributed by atoms with van der Waals surface area (Å²) in [6, 6.07) is 15.1. The van der Waals surface area contributed by atoms with Gasteiger partial charge in [-0.2, -0.15) is 0 Å². The molecule has 2 N–H and O–H groups in total. The van der Waals surface area contributed by atoms with E-state index in [4.69, 9.17) is 0 Å². The summed E-state index contributed by atoms with van der Waals surface area (Å²) in [6.07, 6.45) is 1.44. The fourth-order valence-electron chi connectivity index (χ4n) is 2.57. The van der Waals surface area contributed by atoms with Crippen molar-refractivity contribution in [3.05, 3.63) is 83.3 Å². The van der Waals surface area contributed by atoms with E-state index in [2.05, 4.69) is 21.1 Å². The molecule has 0 unspecified atom stereocenters. The summed E-state index contributed by atoms with van der Waals surface area (Å²) >= 11 is 0. The zero-order chi connectivity index (χ0) is 19.4. The summed E-state index contributed by atoms with van der Waals surface area (Å²) < 4.78 is 40.6. The molecule has 3 rings (SSSR count). The number of anilines is 2. The fourth-order valence-corrected chi connectivity index (χ4v) is 3.70. The molecule has 0 aliphatic rings. The van der Waals surface area contributed by atoms with Gasteiger partial charge in [-0.05, 0) is 55.3 Å². The molecule has 0 radical (unpaired) electrons. The molecule has 1 aromatic heterocycles. The van der Waals surface area contributed by atoms with E-state index in [1.54, 1.807) is 12.1 Å². The molecule has 1 heterocycles. The van der Waals surface area contributed by atoms with Crippen LogP contribution >= 0.6 is 0 Å². The average molecular weight is 385 g/mol. The lowest BCUT2D eigenvalue weighted by molar-refractivity contribution is 0.598. The predicted molar refractivity (Wildman–Crippen MR) is 105 cm³/mol. The molecule has 140 valence electrons. The highest BCUT2D eigenvalue weighted by Crippen LogP contribution is 2.19. The van der Waals surface area contributed by atoms with E-state index < -0.39 is 15.8 Å². The van der Waals surface area contributed by atoms with Crippen molar-refractivity contribution in [2.45, 2.75) is 25.3 Å². The molecule has 0 aliphatic heterocycles. The molecule has 3 aromatic rings. The molecule has 0 saturated heterocycles. The molecular weight excluding hydrogens is 365 g/mol. The monoisotopic (exact) mass is 385 g/mol. The molecule has 0 amide bonds. The molecule has 0 atom stereocenters. The number of hydrogen-bond acceptors (Lipinski definition) is 4. The van der Waals surface area contributed by atoms with Gasteiger partial charge in [-0.1, -0.05) is 29.8 Å². The van der Waals surface area contributed by atoms with E-state index in [1.807, 2.05) is 25.1 Å². The molecule has 0 saturated carbocycles. The summed E-state index contributed by atoms with van der Waals surface area (Å²) in [6.45, 7) is 4.17. The summed E-state index contributed by atoms with van der Waals surface area (Å²) in [7, 11) is -3.80. The number of benzene rings is 2. The van der Waals surface area contributed by atoms with Gasteiger partial charge in [0.2, 0.25) is 0 Å². The lowest BCUT2D eigenvalue weighted by Gasteiger charge is -2.10. The van der Waals surface area contributed by atoms with E-state index in [0.717, 1.165) is 11.6 Å². The van der Waals surface area contributed by atoms with E-state index in [1.165, 1.54) is 30.8 Å². The van der Waals surface area contributed by atoms with E-state index >= 15 is 0 Å². The van der Waals surface area contributed by atoms with Crippen LogP contribution in [0.5, 0.6) is 0 Å². The molecule has 27 heavy (non-hydrogen) atoms.